The molecule has 2 aromatic rings. The Labute approximate surface area is 195 Å². The van der Waals surface area contributed by atoms with Crippen molar-refractivity contribution in [3.63, 3.8) is 0 Å². The van der Waals surface area contributed by atoms with E-state index in [1.54, 1.807) is 36.4 Å². The summed E-state index contributed by atoms with van der Waals surface area (Å²) in [6, 6.07) is 11.6. The summed E-state index contributed by atoms with van der Waals surface area (Å²) in [7, 11) is -3.56. The predicted molar refractivity (Wildman–Crippen MR) is 126 cm³/mol. The van der Waals surface area contributed by atoms with Crippen LogP contribution >= 0.6 is 15.9 Å². The molecule has 0 amide bonds. The number of hydrogen-bond acceptors (Lipinski definition) is 7. The number of rotatable bonds is 7. The van der Waals surface area contributed by atoms with Crippen molar-refractivity contribution in [1.82, 2.24) is 4.31 Å². The minimum absolute atomic E-state index is 0.0169. The van der Waals surface area contributed by atoms with Crippen LogP contribution in [0.1, 0.15) is 12.8 Å². The lowest BCUT2D eigenvalue weighted by atomic mass is 10.2. The molecule has 0 unspecified atom stereocenters. The minimum Gasteiger partial charge on any atom is -0.377 e. The first kappa shape index (κ1) is 23.0. The van der Waals surface area contributed by atoms with Crippen LogP contribution in [0.25, 0.3) is 0 Å². The van der Waals surface area contributed by atoms with E-state index in [0.29, 0.717) is 38.4 Å². The normalized spacial score (nSPS) is 19.8. The molecule has 11 heteroatoms. The van der Waals surface area contributed by atoms with Crippen LogP contribution < -0.4 is 10.2 Å². The predicted octanol–water partition coefficient (Wildman–Crippen LogP) is 3.46. The summed E-state index contributed by atoms with van der Waals surface area (Å²) in [4.78, 5) is 13.4. The second-order valence-corrected chi connectivity index (χ2v) is 10.7. The summed E-state index contributed by atoms with van der Waals surface area (Å²) in [6.07, 6.45) is 2.00. The van der Waals surface area contributed by atoms with Crippen molar-refractivity contribution in [3.05, 3.63) is 57.1 Å². The largest absolute Gasteiger partial charge is 0.377 e. The van der Waals surface area contributed by atoms with Gasteiger partial charge in [0.1, 0.15) is 5.69 Å². The van der Waals surface area contributed by atoms with Gasteiger partial charge in [0.05, 0.1) is 15.9 Å². The molecule has 9 nitrogen and oxygen atoms in total. The van der Waals surface area contributed by atoms with Crippen LogP contribution in [0.3, 0.4) is 0 Å². The van der Waals surface area contributed by atoms with Crippen LogP contribution in [0, 0.1) is 10.1 Å². The van der Waals surface area contributed by atoms with Gasteiger partial charge in [-0.15, -0.1) is 0 Å². The van der Waals surface area contributed by atoms with Crippen molar-refractivity contribution >= 4 is 43.0 Å². The molecule has 1 N–H and O–H groups in total. The van der Waals surface area contributed by atoms with Gasteiger partial charge in [-0.25, -0.2) is 8.42 Å². The highest BCUT2D eigenvalue weighted by molar-refractivity contribution is 9.10. The van der Waals surface area contributed by atoms with Crippen molar-refractivity contribution in [3.8, 4) is 0 Å². The van der Waals surface area contributed by atoms with Gasteiger partial charge in [-0.05, 0) is 49.2 Å². The van der Waals surface area contributed by atoms with Crippen molar-refractivity contribution in [1.29, 1.82) is 0 Å². The number of nitro benzene ring substituents is 1. The average molecular weight is 525 g/mol. The first-order valence-electron chi connectivity index (χ1n) is 10.5. The highest BCUT2D eigenvalue weighted by atomic mass is 79.9. The SMILES string of the molecule is O=[N+]([O-])c1ccc(N2CCN(S(=O)(=O)c3ccc(Br)cc3)CC2)cc1NC[C@H]1CCCO1. The maximum Gasteiger partial charge on any atom is 0.292 e. The molecule has 1 atom stereocenters. The van der Waals surface area contributed by atoms with Crippen LogP contribution in [0.2, 0.25) is 0 Å². The van der Waals surface area contributed by atoms with Crippen LogP contribution in [0.5, 0.6) is 0 Å². The fourth-order valence-electron chi connectivity index (χ4n) is 3.99. The second-order valence-electron chi connectivity index (χ2n) is 7.82. The number of nitrogens with zero attached hydrogens (tertiary/aromatic N) is 3. The molecule has 0 radical (unpaired) electrons. The summed E-state index contributed by atoms with van der Waals surface area (Å²) >= 11 is 3.32. The number of nitro groups is 1. The number of hydrogen-bond donors (Lipinski definition) is 1. The van der Waals surface area contributed by atoms with E-state index >= 15 is 0 Å². The zero-order chi connectivity index (χ0) is 22.7. The van der Waals surface area contributed by atoms with Gasteiger partial charge in [-0.1, -0.05) is 15.9 Å². The molecule has 2 heterocycles. The Morgan fingerprint density at radius 3 is 2.47 bits per heavy atom. The molecule has 0 aromatic heterocycles. The maximum absolute atomic E-state index is 12.9. The van der Waals surface area contributed by atoms with Crippen LogP contribution in [-0.4, -0.2) is 63.1 Å². The Bertz CT molecular complexity index is 1070. The summed E-state index contributed by atoms with van der Waals surface area (Å²) in [5.74, 6) is 0. The first-order valence-corrected chi connectivity index (χ1v) is 12.7. The van der Waals surface area contributed by atoms with Gasteiger partial charge in [-0.3, -0.25) is 10.1 Å². The van der Waals surface area contributed by atoms with Crippen molar-refractivity contribution < 1.29 is 18.1 Å². The fraction of sp³-hybridized carbons (Fsp3) is 0.429. The molecule has 4 rings (SSSR count). The number of piperazine rings is 1. The van der Waals surface area contributed by atoms with Gasteiger partial charge in [0.2, 0.25) is 10.0 Å². The van der Waals surface area contributed by atoms with E-state index in [4.69, 9.17) is 4.74 Å². The molecular weight excluding hydrogens is 500 g/mol. The molecule has 0 spiro atoms. The van der Waals surface area contributed by atoms with Gasteiger partial charge >= 0.3 is 0 Å². The van der Waals surface area contributed by atoms with Crippen LogP contribution in [0.4, 0.5) is 17.1 Å². The van der Waals surface area contributed by atoms with Gasteiger partial charge in [0, 0.05) is 55.6 Å². The van der Waals surface area contributed by atoms with E-state index in [0.717, 1.165) is 29.6 Å². The number of anilines is 2. The molecule has 0 bridgehead atoms. The first-order chi connectivity index (χ1) is 15.3. The van der Waals surface area contributed by atoms with E-state index < -0.39 is 14.9 Å². The molecule has 2 aliphatic rings. The van der Waals surface area contributed by atoms with Gasteiger partial charge in [-0.2, -0.15) is 4.31 Å². The summed E-state index contributed by atoms with van der Waals surface area (Å²) in [6.45, 7) is 2.92. The molecule has 172 valence electrons. The van der Waals surface area contributed by atoms with E-state index in [1.165, 1.54) is 10.4 Å². The maximum atomic E-state index is 12.9. The van der Waals surface area contributed by atoms with Gasteiger partial charge in [0.25, 0.3) is 5.69 Å². The number of nitrogens with one attached hydrogen (secondary N) is 1. The molecule has 0 saturated carbocycles. The second kappa shape index (κ2) is 9.74. The quantitative estimate of drug-likeness (QED) is 0.436. The molecule has 0 aliphatic carbocycles. The molecule has 2 fully saturated rings. The third-order valence-electron chi connectivity index (χ3n) is 5.78. The lowest BCUT2D eigenvalue weighted by molar-refractivity contribution is -0.383. The summed E-state index contributed by atoms with van der Waals surface area (Å²) < 4.78 is 33.7. The Morgan fingerprint density at radius 2 is 1.84 bits per heavy atom. The molecule has 2 aliphatic heterocycles. The van der Waals surface area contributed by atoms with E-state index in [-0.39, 0.29) is 16.7 Å². The minimum atomic E-state index is -3.56. The highest BCUT2D eigenvalue weighted by Crippen LogP contribution is 2.31. The fourth-order valence-corrected chi connectivity index (χ4v) is 5.68. The zero-order valence-corrected chi connectivity index (χ0v) is 19.8. The van der Waals surface area contributed by atoms with Crippen LogP contribution in [-0.2, 0) is 14.8 Å². The molecule has 2 saturated heterocycles. The zero-order valence-electron chi connectivity index (χ0n) is 17.4. The van der Waals surface area contributed by atoms with E-state index in [9.17, 15) is 18.5 Å². The number of sulfonamides is 1. The summed E-state index contributed by atoms with van der Waals surface area (Å²) in [5, 5.41) is 14.6. The lowest BCUT2D eigenvalue weighted by Gasteiger charge is -2.35. The Kier molecular flexibility index (Phi) is 6.99. The van der Waals surface area contributed by atoms with Gasteiger partial charge in [0.15, 0.2) is 0 Å². The van der Waals surface area contributed by atoms with Gasteiger partial charge < -0.3 is 15.0 Å². The molecular formula is C21H25BrN4O5S. The van der Waals surface area contributed by atoms with Crippen LogP contribution in [0.15, 0.2) is 51.8 Å². The summed E-state index contributed by atoms with van der Waals surface area (Å²) in [5.41, 5.74) is 1.29. The highest BCUT2D eigenvalue weighted by Gasteiger charge is 2.29. The lowest BCUT2D eigenvalue weighted by Crippen LogP contribution is -2.48. The van der Waals surface area contributed by atoms with Crippen molar-refractivity contribution in [2.75, 3.05) is 49.5 Å². The Balaban J connectivity index is 1.45. The Morgan fingerprint density at radius 1 is 1.12 bits per heavy atom. The number of benzene rings is 2. The third kappa shape index (κ3) is 5.06. The van der Waals surface area contributed by atoms with E-state index in [1.807, 2.05) is 0 Å². The smallest absolute Gasteiger partial charge is 0.292 e. The van der Waals surface area contributed by atoms with E-state index in [2.05, 4.69) is 26.1 Å². The topological polar surface area (TPSA) is 105 Å². The molecule has 2 aromatic carbocycles. The molecule has 32 heavy (non-hydrogen) atoms. The standard InChI is InChI=1S/C21H25BrN4O5S/c22-16-3-6-19(7-4-16)32(29,30)25-11-9-24(10-12-25)17-5-8-21(26(27)28)20(14-17)23-15-18-2-1-13-31-18/h3-8,14,18,23H,1-2,9-13,15H2/t18-/m1/s1. The van der Waals surface area contributed by atoms with Crippen molar-refractivity contribution in [2.45, 2.75) is 23.8 Å². The third-order valence-corrected chi connectivity index (χ3v) is 8.22. The monoisotopic (exact) mass is 524 g/mol. The van der Waals surface area contributed by atoms with Crippen molar-refractivity contribution in [2.24, 2.45) is 0 Å². The Hall–Kier alpha value is -2.21. The average Bonchev–Trinajstić information content (AvgIpc) is 3.31. The number of halogens is 1. The number of ether oxygens (including phenoxy) is 1.